The molecule has 0 aromatic heterocycles. The summed E-state index contributed by atoms with van der Waals surface area (Å²) in [5, 5.41) is 5.75. The molecule has 8 rings (SSSR count). The predicted octanol–water partition coefficient (Wildman–Crippen LogP) is 15.3. The van der Waals surface area contributed by atoms with Crippen LogP contribution >= 0.6 is 23.4 Å². The summed E-state index contributed by atoms with van der Waals surface area (Å²) in [6.45, 7) is 23.3. The van der Waals surface area contributed by atoms with Gasteiger partial charge in [0.1, 0.15) is 4.90 Å². The molecule has 2 N–H and O–H groups in total. The summed E-state index contributed by atoms with van der Waals surface area (Å²) >= 11 is 7.74. The normalized spacial score (nSPS) is 14.8. The van der Waals surface area contributed by atoms with Gasteiger partial charge in [0.2, 0.25) is 0 Å². The molecule has 7 aromatic carbocycles. The monoisotopic (exact) mass is 1310 g/mol. The molecule has 1 aliphatic rings. The molecule has 2 atom stereocenters. The van der Waals surface area contributed by atoms with Crippen molar-refractivity contribution in [2.24, 2.45) is 5.92 Å². The number of halogens is 4. The molecule has 0 radical (unpaired) electrons. The number of thioether (sulfide) groups is 1. The average Bonchev–Trinajstić information content (AvgIpc) is 2.62. The Bertz CT molecular complexity index is 3630. The molecule has 470 valence electrons. The summed E-state index contributed by atoms with van der Waals surface area (Å²) in [7, 11) is -16.2. The maximum Gasteiger partial charge on any atom is 0.501 e. The van der Waals surface area contributed by atoms with Crippen LogP contribution in [0.3, 0.4) is 0 Å². The van der Waals surface area contributed by atoms with Crippen molar-refractivity contribution in [2.45, 2.75) is 123 Å². The molecule has 20 heteroatoms. The number of sulfonamides is 1. The van der Waals surface area contributed by atoms with E-state index in [1.807, 2.05) is 109 Å². The fourth-order valence-electron chi connectivity index (χ4n) is 11.2. The lowest BCUT2D eigenvalue weighted by molar-refractivity contribution is -0.0436. The zero-order valence-corrected chi connectivity index (χ0v) is 56.8. The molecule has 0 saturated carbocycles. The lowest BCUT2D eigenvalue weighted by Crippen LogP contribution is -2.67. The molecule has 7 aromatic rings. The van der Waals surface area contributed by atoms with E-state index in [2.05, 4.69) is 112 Å². The van der Waals surface area contributed by atoms with Crippen molar-refractivity contribution in [1.82, 2.24) is 9.62 Å². The van der Waals surface area contributed by atoms with E-state index in [-0.39, 0.29) is 27.7 Å². The van der Waals surface area contributed by atoms with E-state index in [4.69, 9.17) is 20.5 Å². The Labute approximate surface area is 531 Å². The summed E-state index contributed by atoms with van der Waals surface area (Å²) in [4.78, 5) is 16.9. The Kier molecular flexibility index (Phi) is 22.2. The number of hydrogen-bond donors (Lipinski definition) is 2. The van der Waals surface area contributed by atoms with Gasteiger partial charge < -0.3 is 24.0 Å². The van der Waals surface area contributed by atoms with Crippen molar-refractivity contribution in [3.8, 4) is 11.1 Å². The third kappa shape index (κ3) is 16.2. The minimum absolute atomic E-state index is 0.0280. The van der Waals surface area contributed by atoms with Gasteiger partial charge in [-0.15, -0.1) is 11.8 Å². The van der Waals surface area contributed by atoms with Gasteiger partial charge in [0, 0.05) is 65.7 Å². The van der Waals surface area contributed by atoms with Crippen molar-refractivity contribution in [3.05, 3.63) is 198 Å². The van der Waals surface area contributed by atoms with Crippen LogP contribution in [0.4, 0.5) is 24.5 Å². The van der Waals surface area contributed by atoms with Crippen molar-refractivity contribution in [1.29, 1.82) is 0 Å². The van der Waals surface area contributed by atoms with Gasteiger partial charge in [-0.1, -0.05) is 175 Å². The van der Waals surface area contributed by atoms with Crippen molar-refractivity contribution >= 4 is 87.5 Å². The largest absolute Gasteiger partial charge is 0.501 e. The number of benzene rings is 7. The molecule has 1 unspecified atom stereocenters. The van der Waals surface area contributed by atoms with E-state index in [9.17, 15) is 34.8 Å². The van der Waals surface area contributed by atoms with Crippen molar-refractivity contribution < 1.29 is 43.7 Å². The van der Waals surface area contributed by atoms with E-state index in [0.717, 1.165) is 62.6 Å². The predicted molar refractivity (Wildman–Crippen MR) is 359 cm³/mol. The maximum atomic E-state index is 14.7. The molecule has 88 heavy (non-hydrogen) atoms. The van der Waals surface area contributed by atoms with Gasteiger partial charge in [-0.25, -0.2) is 21.6 Å². The first-order valence-electron chi connectivity index (χ1n) is 29.9. The summed E-state index contributed by atoms with van der Waals surface area (Å²) in [6, 6.07) is 54.6. The number of anilines is 2. The topological polar surface area (TPSA) is 134 Å². The molecular formula is C68H82ClF3N4O7S3Si2. The average molecular weight is 1310 g/mol. The fourth-order valence-corrected chi connectivity index (χ4v) is 20.2. The molecule has 1 aliphatic heterocycles. The highest BCUT2D eigenvalue weighted by atomic mass is 35.5. The van der Waals surface area contributed by atoms with E-state index in [0.29, 0.717) is 62.6 Å². The van der Waals surface area contributed by atoms with Gasteiger partial charge in [-0.05, 0) is 149 Å². The van der Waals surface area contributed by atoms with Gasteiger partial charge in [0.05, 0.1) is 16.7 Å². The van der Waals surface area contributed by atoms with Crippen LogP contribution < -0.4 is 25.3 Å². The maximum absolute atomic E-state index is 14.7. The molecule has 1 saturated heterocycles. The minimum atomic E-state index is -6.15. The molecule has 0 aliphatic carbocycles. The summed E-state index contributed by atoms with van der Waals surface area (Å²) in [5.74, 6) is -0.554. The Morgan fingerprint density at radius 1 is 0.727 bits per heavy atom. The molecule has 1 fully saturated rings. The number of nitrogens with one attached hydrogen (secondary N) is 2. The van der Waals surface area contributed by atoms with Gasteiger partial charge in [0.15, 0.2) is 8.32 Å². The van der Waals surface area contributed by atoms with Gasteiger partial charge in [-0.3, -0.25) is 4.79 Å². The molecule has 11 nitrogen and oxygen atoms in total. The highest BCUT2D eigenvalue weighted by Crippen LogP contribution is 2.47. The number of amides is 1. The van der Waals surface area contributed by atoms with Crippen molar-refractivity contribution in [2.75, 3.05) is 55.3 Å². The zero-order chi connectivity index (χ0) is 63.7. The van der Waals surface area contributed by atoms with E-state index >= 15 is 0 Å². The Hall–Kier alpha value is -5.75. The molecule has 0 bridgehead atoms. The van der Waals surface area contributed by atoms with E-state index in [1.165, 1.54) is 23.9 Å². The highest BCUT2D eigenvalue weighted by Gasteiger charge is 2.51. The lowest BCUT2D eigenvalue weighted by atomic mass is 9.84. The number of carbonyl (C=O) groups is 1. The number of nitrogens with zero attached hydrogens (tertiary/aromatic N) is 2. The first-order chi connectivity index (χ1) is 41.5. The van der Waals surface area contributed by atoms with Gasteiger partial charge in [-0.2, -0.15) is 13.2 Å². The lowest BCUT2D eigenvalue weighted by Gasteiger charge is -2.44. The van der Waals surface area contributed by atoms with E-state index in [1.54, 1.807) is 12.1 Å². The van der Waals surface area contributed by atoms with Crippen molar-refractivity contribution in [3.63, 3.8) is 0 Å². The summed E-state index contributed by atoms with van der Waals surface area (Å²) < 4.78 is 115. The van der Waals surface area contributed by atoms with Crippen LogP contribution in [-0.2, 0) is 28.7 Å². The smallest absolute Gasteiger partial charge is 0.410 e. The Balaban J connectivity index is 0.972. The van der Waals surface area contributed by atoms with Crippen LogP contribution in [0.15, 0.2) is 197 Å². The standard InChI is InChI=1S/C68H82ClF3N4O7S3Si2/c1-10-75(46-47-82-88(67(5,6)7,58-24-16-12-17-25-58)59-26-18-13-19-27-59)43-42-54(49-84-56-22-14-11-15-23-56)73-62-39-38-57(48-63(62)85(78,79)68(70,71)72)86(80,81)74-65(77)52-32-36-55(37-33-52)76-44-40-51(41-45-76)64(83-87(8,9)66(2,3)4)61-29-21-20-28-60(61)50-30-34-53(69)35-31-50/h11-39,48,51,54,64,73H,10,40-47,49H2,1-9H3,(H,74,77)/t54-,64?/m1/s1. The first kappa shape index (κ1) is 68.2. The van der Waals surface area contributed by atoms with Crippen LogP contribution in [0.2, 0.25) is 28.2 Å². The number of likely N-dealkylation sites (N-methyl/N-ethyl adjacent to an activating group) is 1. The molecule has 1 heterocycles. The molecular weight excluding hydrogens is 1230 g/mol. The van der Waals surface area contributed by atoms with Crippen LogP contribution in [0.1, 0.15) is 89.8 Å². The number of hydrogen-bond acceptors (Lipinski definition) is 11. The Morgan fingerprint density at radius 3 is 1.85 bits per heavy atom. The zero-order valence-electron chi connectivity index (χ0n) is 51.6. The number of sulfone groups is 1. The quantitative estimate of drug-likeness (QED) is 0.0418. The number of carbonyl (C=O) groups excluding carboxylic acids is 1. The van der Waals surface area contributed by atoms with Gasteiger partial charge >= 0.3 is 5.51 Å². The minimum Gasteiger partial charge on any atom is -0.410 e. The molecule has 1 amide bonds. The second-order valence-corrected chi connectivity index (χ2v) is 39.2. The second kappa shape index (κ2) is 28.6. The third-order valence-corrected chi connectivity index (χ3v) is 30.9. The first-order valence-corrected chi connectivity index (χ1v) is 39.0. The summed E-state index contributed by atoms with van der Waals surface area (Å²) in [6.07, 6.45) is 1.80. The van der Waals surface area contributed by atoms with Crippen LogP contribution in [0.5, 0.6) is 0 Å². The molecule has 0 spiro atoms. The summed E-state index contributed by atoms with van der Waals surface area (Å²) in [5.41, 5.74) is -2.17. The van der Waals surface area contributed by atoms with Gasteiger partial charge in [0.25, 0.3) is 34.1 Å². The highest BCUT2D eigenvalue weighted by molar-refractivity contribution is 7.99. The number of rotatable bonds is 25. The second-order valence-electron chi connectivity index (χ2n) is 25.0. The Morgan fingerprint density at radius 2 is 1.30 bits per heavy atom. The number of alkyl halides is 3. The number of piperidine rings is 1. The fraction of sp³-hybridized carbons (Fsp3) is 0.368. The van der Waals surface area contributed by atoms with Crippen LogP contribution in [-0.4, -0.2) is 101 Å². The SMILES string of the molecule is CCN(CCO[Si](c1ccccc1)(c1ccccc1)C(C)(C)C)CC[C@H](CSc1ccccc1)Nc1ccc(S(=O)(=O)NC(=O)c2ccc(N3CCC(C(O[Si](C)(C)C(C)(C)C)c4ccccc4-c4ccc(Cl)cc4)CC3)cc2)cc1S(=O)(=O)C(F)(F)F. The van der Waals surface area contributed by atoms with Crippen LogP contribution in [0.25, 0.3) is 11.1 Å². The van der Waals surface area contributed by atoms with E-state index < -0.39 is 69.4 Å². The van der Waals surface area contributed by atoms with Crippen LogP contribution in [0, 0.1) is 5.92 Å². The third-order valence-electron chi connectivity index (χ3n) is 17.1.